The number of aromatic hydroxyl groups is 1. The number of amides is 2. The van der Waals surface area contributed by atoms with Gasteiger partial charge in [-0.25, -0.2) is 0 Å². The molecular weight excluding hydrogens is 292 g/mol. The lowest BCUT2D eigenvalue weighted by atomic mass is 10.0. The van der Waals surface area contributed by atoms with Crippen molar-refractivity contribution in [2.24, 2.45) is 0 Å². The first-order valence-corrected chi connectivity index (χ1v) is 7.78. The minimum absolute atomic E-state index is 0.0198. The van der Waals surface area contributed by atoms with Crippen LogP contribution >= 0.6 is 11.8 Å². The van der Waals surface area contributed by atoms with E-state index in [2.05, 4.69) is 0 Å². The summed E-state index contributed by atoms with van der Waals surface area (Å²) in [5.41, 5.74) is 1.16. The number of hydrogen-bond acceptors (Lipinski definition) is 5. The lowest BCUT2D eigenvalue weighted by molar-refractivity contribution is -0.147. The molecule has 1 aromatic rings. The average Bonchev–Trinajstić information content (AvgIpc) is 2.88. The lowest BCUT2D eigenvalue weighted by Crippen LogP contribution is -2.70. The third-order valence-corrected chi connectivity index (χ3v) is 5.58. The highest BCUT2D eigenvalue weighted by Gasteiger charge is 2.57. The quantitative estimate of drug-likeness (QED) is 0.814. The number of phenols is 1. The van der Waals surface area contributed by atoms with Gasteiger partial charge in [-0.15, -0.1) is 11.8 Å². The second-order valence-corrected chi connectivity index (χ2v) is 6.31. The summed E-state index contributed by atoms with van der Waals surface area (Å²) in [7, 11) is 1.53. The molecule has 7 heteroatoms. The van der Waals surface area contributed by atoms with Gasteiger partial charge in [0.05, 0.1) is 12.3 Å². The maximum Gasteiger partial charge on any atom is 0.266 e. The van der Waals surface area contributed by atoms with Gasteiger partial charge in [-0.1, -0.05) is 12.1 Å². The van der Waals surface area contributed by atoms with E-state index in [9.17, 15) is 19.8 Å². The molecule has 0 saturated carbocycles. The molecule has 1 saturated heterocycles. The number of hydrogen-bond donors (Lipinski definition) is 2. The highest BCUT2D eigenvalue weighted by atomic mass is 32.2. The Morgan fingerprint density at radius 1 is 1.43 bits per heavy atom. The zero-order valence-electron chi connectivity index (χ0n) is 11.7. The number of piperazine rings is 1. The molecule has 0 radical (unpaired) electrons. The van der Waals surface area contributed by atoms with E-state index >= 15 is 0 Å². The summed E-state index contributed by atoms with van der Waals surface area (Å²) in [4.78, 5) is 26.8. The van der Waals surface area contributed by atoms with E-state index in [4.69, 9.17) is 0 Å². The molecule has 21 heavy (non-hydrogen) atoms. The molecule has 2 aliphatic heterocycles. The molecule has 6 nitrogen and oxygen atoms in total. The summed E-state index contributed by atoms with van der Waals surface area (Å²) in [6, 6.07) is 4.35. The SMILES string of the molecule is CS[C@]1(CO)C(=O)N2c3c(O)cccc3C[C@@H]2C(=O)N1C. The number of rotatable bonds is 2. The second kappa shape index (κ2) is 4.64. The topological polar surface area (TPSA) is 81.1 Å². The summed E-state index contributed by atoms with van der Waals surface area (Å²) >= 11 is 1.12. The van der Waals surface area contributed by atoms with Gasteiger partial charge in [0.25, 0.3) is 5.91 Å². The van der Waals surface area contributed by atoms with Crippen molar-refractivity contribution in [3.05, 3.63) is 23.8 Å². The number of carbonyl (C=O) groups is 2. The highest BCUT2D eigenvalue weighted by Crippen LogP contribution is 2.46. The first-order chi connectivity index (χ1) is 9.97. The summed E-state index contributed by atoms with van der Waals surface area (Å²) < 4.78 is 0. The number of phenolic OH excluding ortho intramolecular Hbond substituents is 1. The molecule has 1 aromatic carbocycles. The largest absolute Gasteiger partial charge is 0.506 e. The molecule has 2 atom stereocenters. The monoisotopic (exact) mass is 308 g/mol. The summed E-state index contributed by atoms with van der Waals surface area (Å²) in [6.07, 6.45) is 2.06. The maximum absolute atomic E-state index is 12.9. The van der Waals surface area contributed by atoms with Crippen LogP contribution in [0.25, 0.3) is 0 Å². The van der Waals surface area contributed by atoms with Crippen molar-refractivity contribution in [3.8, 4) is 5.75 Å². The fourth-order valence-corrected chi connectivity index (χ4v) is 3.88. The van der Waals surface area contributed by atoms with Crippen molar-refractivity contribution in [3.63, 3.8) is 0 Å². The molecule has 1 fully saturated rings. The molecular formula is C14H16N2O4S. The predicted molar refractivity (Wildman–Crippen MR) is 79.2 cm³/mol. The average molecular weight is 308 g/mol. The van der Waals surface area contributed by atoms with E-state index in [1.807, 2.05) is 0 Å². The molecule has 0 spiro atoms. The minimum atomic E-state index is -1.34. The number of carbonyl (C=O) groups excluding carboxylic acids is 2. The van der Waals surface area contributed by atoms with Crippen LogP contribution in [0.2, 0.25) is 0 Å². The van der Waals surface area contributed by atoms with Crippen molar-refractivity contribution in [1.29, 1.82) is 0 Å². The van der Waals surface area contributed by atoms with Crippen LogP contribution in [0, 0.1) is 0 Å². The van der Waals surface area contributed by atoms with Gasteiger partial charge in [-0.05, 0) is 17.9 Å². The Hall–Kier alpha value is -1.73. The fourth-order valence-electron chi connectivity index (χ4n) is 3.11. The zero-order valence-corrected chi connectivity index (χ0v) is 12.6. The zero-order chi connectivity index (χ0) is 15.4. The fraction of sp³-hybridized carbons (Fsp3) is 0.429. The van der Waals surface area contributed by atoms with Gasteiger partial charge in [-0.2, -0.15) is 0 Å². The number of nitrogens with zero attached hydrogens (tertiary/aromatic N) is 2. The molecule has 0 unspecified atom stereocenters. The van der Waals surface area contributed by atoms with Gasteiger partial charge in [0.1, 0.15) is 11.8 Å². The Balaban J connectivity index is 2.17. The molecule has 2 heterocycles. The van der Waals surface area contributed by atoms with Gasteiger partial charge < -0.3 is 15.1 Å². The van der Waals surface area contributed by atoms with Crippen LogP contribution in [-0.2, 0) is 16.0 Å². The third kappa shape index (κ3) is 1.64. The van der Waals surface area contributed by atoms with E-state index < -0.39 is 17.5 Å². The molecule has 0 bridgehead atoms. The first-order valence-electron chi connectivity index (χ1n) is 6.56. The van der Waals surface area contributed by atoms with Crippen LogP contribution in [0.3, 0.4) is 0 Å². The van der Waals surface area contributed by atoms with Gasteiger partial charge in [0.15, 0.2) is 4.87 Å². The molecule has 2 aliphatic rings. The van der Waals surface area contributed by atoms with Gasteiger partial charge in [-0.3, -0.25) is 14.5 Å². The molecule has 112 valence electrons. The van der Waals surface area contributed by atoms with E-state index in [0.29, 0.717) is 12.1 Å². The van der Waals surface area contributed by atoms with E-state index in [1.54, 1.807) is 18.4 Å². The van der Waals surface area contributed by atoms with Gasteiger partial charge >= 0.3 is 0 Å². The van der Waals surface area contributed by atoms with Gasteiger partial charge in [0.2, 0.25) is 5.91 Å². The number of aliphatic hydroxyl groups excluding tert-OH is 1. The maximum atomic E-state index is 12.9. The minimum Gasteiger partial charge on any atom is -0.506 e. The Kier molecular flexibility index (Phi) is 3.14. The third-order valence-electron chi connectivity index (χ3n) is 4.33. The number of likely N-dealkylation sites (N-methyl/N-ethyl adjacent to an activating group) is 1. The number of fused-ring (bicyclic) bond motifs is 3. The number of benzene rings is 1. The van der Waals surface area contributed by atoms with Crippen molar-refractivity contribution >= 4 is 29.3 Å². The lowest BCUT2D eigenvalue weighted by Gasteiger charge is -2.47. The van der Waals surface area contributed by atoms with Crippen molar-refractivity contribution in [2.75, 3.05) is 24.8 Å². The molecule has 0 aromatic heterocycles. The van der Waals surface area contributed by atoms with E-state index in [1.165, 1.54) is 22.9 Å². The van der Waals surface area contributed by atoms with Crippen LogP contribution in [0.15, 0.2) is 18.2 Å². The first kappa shape index (κ1) is 14.2. The number of thioether (sulfide) groups is 1. The van der Waals surface area contributed by atoms with Crippen LogP contribution in [0.5, 0.6) is 5.75 Å². The van der Waals surface area contributed by atoms with Crippen LogP contribution in [0.4, 0.5) is 5.69 Å². The molecule has 2 N–H and O–H groups in total. The highest BCUT2D eigenvalue weighted by molar-refractivity contribution is 8.00. The molecule has 0 aliphatic carbocycles. The number of aliphatic hydroxyl groups is 1. The predicted octanol–water partition coefficient (Wildman–Crippen LogP) is 0.173. The van der Waals surface area contributed by atoms with Crippen molar-refractivity contribution in [1.82, 2.24) is 4.90 Å². The van der Waals surface area contributed by atoms with E-state index in [-0.39, 0.29) is 17.6 Å². The van der Waals surface area contributed by atoms with Crippen LogP contribution < -0.4 is 4.90 Å². The summed E-state index contributed by atoms with van der Waals surface area (Å²) in [5, 5.41) is 19.8. The van der Waals surface area contributed by atoms with Gasteiger partial charge in [0, 0.05) is 13.5 Å². The Labute approximate surface area is 126 Å². The molecule has 2 amide bonds. The van der Waals surface area contributed by atoms with Crippen molar-refractivity contribution in [2.45, 2.75) is 17.3 Å². The molecule has 3 rings (SSSR count). The summed E-state index contributed by atoms with van der Waals surface area (Å²) in [5.74, 6) is -0.618. The Bertz CT molecular complexity index is 629. The van der Waals surface area contributed by atoms with E-state index in [0.717, 1.165) is 17.3 Å². The van der Waals surface area contributed by atoms with Crippen LogP contribution in [-0.4, -0.2) is 57.8 Å². The smallest absolute Gasteiger partial charge is 0.266 e. The summed E-state index contributed by atoms with van der Waals surface area (Å²) in [6.45, 7) is -0.471. The normalized spacial score (nSPS) is 27.9. The number of para-hydroxylation sites is 1. The van der Waals surface area contributed by atoms with Crippen LogP contribution in [0.1, 0.15) is 5.56 Å². The van der Waals surface area contributed by atoms with Crippen molar-refractivity contribution < 1.29 is 19.8 Å². The second-order valence-electron chi connectivity index (χ2n) is 5.22. The number of anilines is 1. The Morgan fingerprint density at radius 2 is 2.14 bits per heavy atom. The Morgan fingerprint density at radius 3 is 2.76 bits per heavy atom. The standard InChI is InChI=1S/C14H16N2O4S/c1-15-12(19)9-6-8-4-3-5-10(18)11(8)16(9)13(20)14(15,7-17)21-2/h3-5,9,17-18H,6-7H2,1-2H3/t9-,14-/m1/s1.